The van der Waals surface area contributed by atoms with E-state index in [1.165, 1.54) is 14.2 Å². The second kappa shape index (κ2) is 15.1. The van der Waals surface area contributed by atoms with E-state index in [1.807, 2.05) is 0 Å². The summed E-state index contributed by atoms with van der Waals surface area (Å²) >= 11 is 0. The summed E-state index contributed by atoms with van der Waals surface area (Å²) in [5.41, 5.74) is 1.90. The average Bonchev–Trinajstić information content (AvgIpc) is 3.07. The van der Waals surface area contributed by atoms with E-state index < -0.39 is 8.32 Å². The smallest absolute Gasteiger partial charge is 0.305 e. The lowest BCUT2D eigenvalue weighted by atomic mass is 9.85. The van der Waals surface area contributed by atoms with Crippen molar-refractivity contribution in [2.24, 2.45) is 22.1 Å². The molecule has 1 fully saturated rings. The number of ether oxygens (including phenoxy) is 2. The number of carbonyl (C=O) groups excluding carboxylic acids is 2. The van der Waals surface area contributed by atoms with E-state index in [-0.39, 0.29) is 29.9 Å². The molecular weight excluding hydrogens is 444 g/mol. The van der Waals surface area contributed by atoms with Gasteiger partial charge in [0.1, 0.15) is 14.2 Å². The van der Waals surface area contributed by atoms with Crippen molar-refractivity contribution in [2.45, 2.75) is 83.5 Å². The summed E-state index contributed by atoms with van der Waals surface area (Å²) in [6.45, 7) is 6.54. The van der Waals surface area contributed by atoms with Crippen LogP contribution in [-0.2, 0) is 33.2 Å². The van der Waals surface area contributed by atoms with Gasteiger partial charge in [-0.2, -0.15) is 0 Å². The van der Waals surface area contributed by atoms with Crippen molar-refractivity contribution in [3.05, 3.63) is 0 Å². The molecule has 0 heterocycles. The maximum absolute atomic E-state index is 11.8. The molecule has 1 saturated carbocycles. The summed E-state index contributed by atoms with van der Waals surface area (Å²) < 4.78 is 16.1. The molecule has 1 aliphatic carbocycles. The first-order valence-electron chi connectivity index (χ1n) is 11.6. The average molecular weight is 487 g/mol. The highest BCUT2D eigenvalue weighted by atomic mass is 28.4. The molecule has 9 nitrogen and oxygen atoms in total. The molecule has 0 bridgehead atoms. The molecule has 190 valence electrons. The van der Waals surface area contributed by atoms with Gasteiger partial charge in [0.05, 0.1) is 31.7 Å². The van der Waals surface area contributed by atoms with Crippen molar-refractivity contribution in [1.82, 2.24) is 0 Å². The lowest BCUT2D eigenvalue weighted by Crippen LogP contribution is -2.35. The highest BCUT2D eigenvalue weighted by Gasteiger charge is 2.43. The van der Waals surface area contributed by atoms with Crippen LogP contribution < -0.4 is 0 Å². The van der Waals surface area contributed by atoms with E-state index in [4.69, 9.17) is 23.6 Å². The number of hydrogen-bond acceptors (Lipinski definition) is 9. The topological polar surface area (TPSA) is 105 Å². The summed E-state index contributed by atoms with van der Waals surface area (Å²) in [5, 5.41) is 8.52. The second-order valence-electron chi connectivity index (χ2n) is 9.29. The Bertz CT molecular complexity index is 676. The summed E-state index contributed by atoms with van der Waals surface area (Å²) in [6, 6.07) is 0. The van der Waals surface area contributed by atoms with Gasteiger partial charge in [0.15, 0.2) is 8.32 Å². The molecule has 0 aromatic rings. The number of hydrogen-bond donors (Lipinski definition) is 0. The van der Waals surface area contributed by atoms with Crippen LogP contribution in [0.2, 0.25) is 19.6 Å². The lowest BCUT2D eigenvalue weighted by Gasteiger charge is -2.30. The second-order valence-corrected chi connectivity index (χ2v) is 13.7. The van der Waals surface area contributed by atoms with Crippen LogP contribution in [0.4, 0.5) is 0 Å². The molecule has 0 amide bonds. The third-order valence-corrected chi connectivity index (χ3v) is 6.75. The molecule has 0 aromatic carbocycles. The number of methoxy groups -OCH3 is 2. The minimum atomic E-state index is -1.80. The minimum Gasteiger partial charge on any atom is -0.469 e. The van der Waals surface area contributed by atoms with Crippen LogP contribution in [-0.4, -0.2) is 66.2 Å². The summed E-state index contributed by atoms with van der Waals surface area (Å²) in [4.78, 5) is 33.4. The molecule has 0 spiro atoms. The van der Waals surface area contributed by atoms with Gasteiger partial charge >= 0.3 is 11.9 Å². The molecule has 0 unspecified atom stereocenters. The van der Waals surface area contributed by atoms with Crippen molar-refractivity contribution < 1.29 is 33.2 Å². The zero-order valence-electron chi connectivity index (χ0n) is 21.3. The molecule has 3 atom stereocenters. The van der Waals surface area contributed by atoms with Crippen LogP contribution in [0.5, 0.6) is 0 Å². The van der Waals surface area contributed by atoms with Gasteiger partial charge in [0.2, 0.25) is 0 Å². The predicted octanol–water partition coefficient (Wildman–Crippen LogP) is 4.31. The highest BCUT2D eigenvalue weighted by molar-refractivity contribution is 6.69. The van der Waals surface area contributed by atoms with Gasteiger partial charge in [-0.05, 0) is 64.1 Å². The first-order valence-corrected chi connectivity index (χ1v) is 15.1. The van der Waals surface area contributed by atoms with E-state index >= 15 is 0 Å². The van der Waals surface area contributed by atoms with Gasteiger partial charge in [-0.3, -0.25) is 9.59 Å². The molecule has 0 N–H and O–H groups in total. The van der Waals surface area contributed by atoms with Crippen LogP contribution in [0.15, 0.2) is 10.3 Å². The molecular formula is C23H42N2O7Si. The van der Waals surface area contributed by atoms with Crippen LogP contribution >= 0.6 is 0 Å². The summed E-state index contributed by atoms with van der Waals surface area (Å²) in [5.74, 6) is -0.163. The normalized spacial score (nSPS) is 22.3. The number of rotatable bonds is 15. The Kier molecular flexibility index (Phi) is 13.3. The fourth-order valence-electron chi connectivity index (χ4n) is 4.34. The number of carbonyl (C=O) groups is 2. The molecule has 0 saturated heterocycles. The van der Waals surface area contributed by atoms with Crippen LogP contribution in [0.1, 0.15) is 57.8 Å². The van der Waals surface area contributed by atoms with Gasteiger partial charge in [-0.1, -0.05) is 10.3 Å². The van der Waals surface area contributed by atoms with Crippen LogP contribution in [0.3, 0.4) is 0 Å². The highest BCUT2D eigenvalue weighted by Crippen LogP contribution is 2.40. The Labute approximate surface area is 199 Å². The molecule has 0 radical (unpaired) electrons. The van der Waals surface area contributed by atoms with Gasteiger partial charge < -0.3 is 23.6 Å². The van der Waals surface area contributed by atoms with Crippen molar-refractivity contribution >= 4 is 31.7 Å². The number of oxime groups is 2. The predicted molar refractivity (Wildman–Crippen MR) is 130 cm³/mol. The van der Waals surface area contributed by atoms with Gasteiger partial charge in [0.25, 0.3) is 0 Å². The zero-order chi connectivity index (χ0) is 24.9. The molecule has 33 heavy (non-hydrogen) atoms. The first kappa shape index (κ1) is 29.1. The Morgan fingerprint density at radius 2 is 1.52 bits per heavy atom. The number of esters is 2. The van der Waals surface area contributed by atoms with E-state index in [1.54, 1.807) is 14.2 Å². The first-order chi connectivity index (χ1) is 15.6. The fourth-order valence-corrected chi connectivity index (χ4v) is 5.51. The van der Waals surface area contributed by atoms with E-state index in [2.05, 4.69) is 30.0 Å². The molecule has 1 aliphatic rings. The Hall–Kier alpha value is -1.94. The van der Waals surface area contributed by atoms with Gasteiger partial charge in [-0.15, -0.1) is 0 Å². The van der Waals surface area contributed by atoms with Crippen molar-refractivity contribution in [1.29, 1.82) is 0 Å². The summed E-state index contributed by atoms with van der Waals surface area (Å²) in [7, 11) is 4.10. The van der Waals surface area contributed by atoms with E-state index in [0.29, 0.717) is 25.7 Å². The van der Waals surface area contributed by atoms with Crippen LogP contribution in [0.25, 0.3) is 0 Å². The van der Waals surface area contributed by atoms with Crippen molar-refractivity contribution in [2.75, 3.05) is 28.4 Å². The Morgan fingerprint density at radius 3 is 2.09 bits per heavy atom. The fraction of sp³-hybridized carbons (Fsp3) is 0.826. The quantitative estimate of drug-likeness (QED) is 0.112. The van der Waals surface area contributed by atoms with E-state index in [9.17, 15) is 9.59 Å². The van der Waals surface area contributed by atoms with Gasteiger partial charge in [0, 0.05) is 25.2 Å². The number of nitrogens with zero attached hydrogens (tertiary/aromatic N) is 2. The largest absolute Gasteiger partial charge is 0.469 e. The Balaban J connectivity index is 2.92. The van der Waals surface area contributed by atoms with Crippen molar-refractivity contribution in [3.63, 3.8) is 0 Å². The third-order valence-electron chi connectivity index (χ3n) is 5.74. The zero-order valence-corrected chi connectivity index (χ0v) is 22.3. The SMILES string of the molecule is CO/N=C(/CCCCC(=O)OC)CC[C@H]1[C@H](O[Si](C)(C)C)C/C(=N/OC)[C@@H]1CCC(=O)OC. The van der Waals surface area contributed by atoms with Gasteiger partial charge in [-0.25, -0.2) is 0 Å². The standard InChI is InChI=1S/C23H42N2O7Si/c1-28-22(26)11-9-8-10-17(24-30-3)12-13-19-18(14-15-23(27)29-2)20(25-31-4)16-21(19)32-33(5,6)7/h18-19,21H,8-16H2,1-7H3/b24-17-,25-20-/t18-,19-,21-/m1/s1. The molecule has 0 aromatic heterocycles. The number of unbranched alkanes of at least 4 members (excludes halogenated alkanes) is 1. The lowest BCUT2D eigenvalue weighted by molar-refractivity contribution is -0.141. The third kappa shape index (κ3) is 11.2. The summed E-state index contributed by atoms with van der Waals surface area (Å²) in [6.07, 6.45) is 6.00. The molecule has 1 rings (SSSR count). The van der Waals surface area contributed by atoms with Crippen LogP contribution in [0, 0.1) is 11.8 Å². The van der Waals surface area contributed by atoms with Crippen molar-refractivity contribution in [3.8, 4) is 0 Å². The maximum atomic E-state index is 11.8. The minimum absolute atomic E-state index is 0.0244. The monoisotopic (exact) mass is 486 g/mol. The molecule has 10 heteroatoms. The van der Waals surface area contributed by atoms with E-state index in [0.717, 1.165) is 43.5 Å². The Morgan fingerprint density at radius 1 is 0.879 bits per heavy atom. The molecule has 0 aliphatic heterocycles. The maximum Gasteiger partial charge on any atom is 0.305 e.